The number of benzene rings is 2. The van der Waals surface area contributed by atoms with E-state index < -0.39 is 61.2 Å². The first-order valence-corrected chi connectivity index (χ1v) is 15.8. The van der Waals surface area contributed by atoms with E-state index in [2.05, 4.69) is 13.6 Å². The number of hydrogen-bond acceptors (Lipinski definition) is 12. The van der Waals surface area contributed by atoms with Crippen LogP contribution >= 0.6 is 19.5 Å². The van der Waals surface area contributed by atoms with Crippen molar-refractivity contribution in [3.8, 4) is 5.75 Å². The number of non-ortho nitro benzene ring substituents is 1. The van der Waals surface area contributed by atoms with Gasteiger partial charge in [-0.15, -0.1) is 0 Å². The summed E-state index contributed by atoms with van der Waals surface area (Å²) in [5.41, 5.74) is 5.28. The molecule has 2 aromatic carbocycles. The molecule has 0 fully saturated rings. The molecule has 5 N–H and O–H groups in total. The molecule has 1 amide bonds. The molecule has 0 saturated carbocycles. The van der Waals surface area contributed by atoms with Gasteiger partial charge in [-0.2, -0.15) is 0 Å². The average Bonchev–Trinajstić information content (AvgIpc) is 3.41. The van der Waals surface area contributed by atoms with Gasteiger partial charge in [0.05, 0.1) is 0 Å². The van der Waals surface area contributed by atoms with Gasteiger partial charge in [-0.05, 0) is 0 Å². The van der Waals surface area contributed by atoms with Crippen LogP contribution in [0.15, 0.2) is 60.9 Å². The maximum atomic E-state index is 14.0. The molecule has 0 aliphatic rings. The van der Waals surface area contributed by atoms with E-state index in [1.807, 2.05) is 0 Å². The summed E-state index contributed by atoms with van der Waals surface area (Å²) in [6.45, 7) is 1.02. The van der Waals surface area contributed by atoms with Crippen LogP contribution in [0, 0.1) is 10.1 Å². The molecule has 0 bridgehead atoms. The van der Waals surface area contributed by atoms with Crippen LogP contribution in [0.1, 0.15) is 35.6 Å². The number of nitrogens with one attached hydrogen (secondary N) is 1. The summed E-state index contributed by atoms with van der Waals surface area (Å²) in [6, 6.07) is 11.7. The number of carbonyl (C=O) groups excluding carboxylic acids is 2. The van der Waals surface area contributed by atoms with Gasteiger partial charge in [-0.3, -0.25) is 0 Å². The normalized spacial score (nSPS) is 15.6. The van der Waals surface area contributed by atoms with Gasteiger partial charge < -0.3 is 0 Å². The Morgan fingerprint density at radius 1 is 1.15 bits per heavy atom. The molecule has 1 heterocycles. The number of nitrogens with zero attached hydrogens (tertiary/aromatic N) is 4. The third-order valence-corrected chi connectivity index (χ3v) is 9.08. The van der Waals surface area contributed by atoms with E-state index in [9.17, 15) is 33.0 Å². The molecule has 1 unspecified atom stereocenters. The number of hydrogen-bond donors (Lipinski definition) is 4. The van der Waals surface area contributed by atoms with E-state index in [1.165, 1.54) is 12.1 Å². The second-order valence-corrected chi connectivity index (χ2v) is 12.4. The van der Waals surface area contributed by atoms with Crippen LogP contribution in [0.2, 0.25) is 0 Å². The molecule has 1 aromatic heterocycles. The Hall–Kier alpha value is -3.91. The fourth-order valence-electron chi connectivity index (χ4n) is 3.33. The first-order valence-electron chi connectivity index (χ1n) is 12.1. The SMILES string of the molecule is CCOC(=O)[C@@H](NI(=O)(OCC[C@@H](O)[C@@H](O)Cn1cnc(C(N)=O)n1)Oc1ccc([N+](=O)[O-])cc1)c1ccccc1. The van der Waals surface area contributed by atoms with E-state index in [0.29, 0.717) is 5.56 Å². The van der Waals surface area contributed by atoms with Gasteiger partial charge >= 0.3 is 239 Å². The molecule has 0 aliphatic carbocycles. The number of rotatable bonds is 16. The Morgan fingerprint density at radius 2 is 1.83 bits per heavy atom. The van der Waals surface area contributed by atoms with Crippen molar-refractivity contribution in [1.82, 2.24) is 18.3 Å². The van der Waals surface area contributed by atoms with Crippen molar-refractivity contribution < 1.29 is 38.7 Å². The number of primary amides is 1. The van der Waals surface area contributed by atoms with Crippen molar-refractivity contribution >= 4 is 37.1 Å². The Balaban J connectivity index is 1.76. The van der Waals surface area contributed by atoms with Crippen LogP contribution in [0.5, 0.6) is 5.75 Å². The molecule has 0 aliphatic heterocycles. The predicted molar refractivity (Wildman–Crippen MR) is 149 cm³/mol. The molecule has 3 rings (SSSR count). The summed E-state index contributed by atoms with van der Waals surface area (Å²) in [6.07, 6.45) is -1.84. The number of halogens is 1. The average molecular weight is 688 g/mol. The third kappa shape index (κ3) is 9.32. The van der Waals surface area contributed by atoms with E-state index in [-0.39, 0.29) is 36.8 Å². The number of ether oxygens (including phenoxy) is 1. The molecule has 16 nitrogen and oxygen atoms in total. The van der Waals surface area contributed by atoms with Gasteiger partial charge in [0.25, 0.3) is 0 Å². The van der Waals surface area contributed by atoms with Crippen LogP contribution in [-0.2, 0) is 22.2 Å². The quantitative estimate of drug-likeness (QED) is 0.0551. The number of aliphatic hydroxyl groups excluding tert-OH is 2. The first kappa shape index (κ1) is 31.6. The number of aliphatic hydroxyl groups is 2. The maximum absolute atomic E-state index is 14.0. The second-order valence-electron chi connectivity index (χ2n) is 8.34. The van der Waals surface area contributed by atoms with E-state index in [1.54, 1.807) is 37.3 Å². The van der Waals surface area contributed by atoms with E-state index >= 15 is 0 Å². The minimum absolute atomic E-state index is 0.0396. The van der Waals surface area contributed by atoms with Crippen molar-refractivity contribution in [3.05, 3.63) is 82.4 Å². The summed E-state index contributed by atoms with van der Waals surface area (Å²) in [4.78, 5) is 38.0. The fraction of sp³-hybridized carbons (Fsp3) is 0.333. The van der Waals surface area contributed by atoms with Crippen molar-refractivity contribution in [2.45, 2.75) is 38.1 Å². The molecule has 0 spiro atoms. The third-order valence-electron chi connectivity index (χ3n) is 5.35. The first-order chi connectivity index (χ1) is 19.5. The number of nitrogens with two attached hydrogens (primary N) is 1. The van der Waals surface area contributed by atoms with Crippen molar-refractivity contribution in [3.63, 3.8) is 0 Å². The molecular weight excluding hydrogens is 659 g/mol. The Bertz CT molecular complexity index is 1370. The second kappa shape index (κ2) is 14.6. The topological polar surface area (TPSA) is 231 Å². The van der Waals surface area contributed by atoms with Crippen LogP contribution in [-0.4, -0.2) is 67.2 Å². The Labute approximate surface area is 238 Å². The summed E-state index contributed by atoms with van der Waals surface area (Å²) < 4.78 is 34.1. The van der Waals surface area contributed by atoms with E-state index in [4.69, 9.17) is 16.6 Å². The zero-order valence-corrected chi connectivity index (χ0v) is 23.9. The number of esters is 1. The van der Waals surface area contributed by atoms with Crippen molar-refractivity contribution in [1.29, 1.82) is 0 Å². The van der Waals surface area contributed by atoms with Gasteiger partial charge in [0.2, 0.25) is 0 Å². The van der Waals surface area contributed by atoms with Crippen LogP contribution in [0.25, 0.3) is 0 Å². The molecule has 222 valence electrons. The fourth-order valence-corrected chi connectivity index (χ4v) is 6.94. The molecule has 4 atom stereocenters. The number of amides is 1. The van der Waals surface area contributed by atoms with Crippen molar-refractivity contribution in [2.24, 2.45) is 5.73 Å². The van der Waals surface area contributed by atoms with E-state index in [0.717, 1.165) is 23.1 Å². The predicted octanol–water partition coefficient (Wildman–Crippen LogP) is 1.52. The van der Waals surface area contributed by atoms with Gasteiger partial charge in [0, 0.05) is 0 Å². The number of nitro groups is 1. The van der Waals surface area contributed by atoms with Gasteiger partial charge in [-0.1, -0.05) is 0 Å². The molecule has 0 radical (unpaired) electrons. The molecule has 0 saturated heterocycles. The van der Waals surface area contributed by atoms with Crippen LogP contribution in [0.4, 0.5) is 5.69 Å². The number of nitro benzene ring substituents is 1. The van der Waals surface area contributed by atoms with Crippen molar-refractivity contribution in [2.75, 3.05) is 13.2 Å². The summed E-state index contributed by atoms with van der Waals surface area (Å²) in [5.74, 6) is -1.91. The van der Waals surface area contributed by atoms with Crippen LogP contribution in [0.3, 0.4) is 0 Å². The summed E-state index contributed by atoms with van der Waals surface area (Å²) in [5, 5.41) is 35.5. The zero-order chi connectivity index (χ0) is 30.0. The molecular formula is C24H29IN6O10. The molecule has 17 heteroatoms. The number of carbonyl (C=O) groups is 2. The minimum atomic E-state index is -5.34. The summed E-state index contributed by atoms with van der Waals surface area (Å²) in [7, 11) is 0. The zero-order valence-electron chi connectivity index (χ0n) is 21.7. The van der Waals surface area contributed by atoms with Gasteiger partial charge in [0.15, 0.2) is 0 Å². The molecule has 41 heavy (non-hydrogen) atoms. The molecule has 3 aromatic rings. The van der Waals surface area contributed by atoms with Gasteiger partial charge in [-0.25, -0.2) is 0 Å². The Kier molecular flexibility index (Phi) is 11.3. The van der Waals surface area contributed by atoms with Crippen LogP contribution < -0.4 is 12.3 Å². The number of aromatic nitrogens is 3. The standard InChI is InChI=1S/C24H29IN6O10/c1-2-39-24(35)21(16-6-4-3-5-7-16)28-25(36,41-18-10-8-17(9-11-18)31(37)38)40-13-12-19(32)20(33)14-30-15-27-23(29-30)22(26)34/h3-11,15,19-21,32-33H,2,12-14H2,1H3,(H2,26,34)(H,28,36)/t19-,20+,21+/m1/s1. The summed E-state index contributed by atoms with van der Waals surface area (Å²) >= 11 is -5.34. The van der Waals surface area contributed by atoms with Gasteiger partial charge in [0.1, 0.15) is 0 Å². The Morgan fingerprint density at radius 3 is 2.41 bits per heavy atom. The monoisotopic (exact) mass is 688 g/mol.